The van der Waals surface area contributed by atoms with Gasteiger partial charge >= 0.3 is 46.5 Å². The van der Waals surface area contributed by atoms with Gasteiger partial charge in [0, 0.05) is 0 Å². The fourth-order valence-corrected chi connectivity index (χ4v) is 1.75. The van der Waals surface area contributed by atoms with Crippen molar-refractivity contribution in [3.05, 3.63) is 48.0 Å². The van der Waals surface area contributed by atoms with E-state index in [1.807, 2.05) is 18.2 Å². The molecule has 0 amide bonds. The molecule has 0 aliphatic heterocycles. The summed E-state index contributed by atoms with van der Waals surface area (Å²) in [6.45, 7) is 0. The van der Waals surface area contributed by atoms with E-state index in [1.54, 1.807) is 18.2 Å². The Labute approximate surface area is 122 Å². The van der Waals surface area contributed by atoms with Crippen LogP contribution in [0.25, 0.3) is 10.8 Å². The van der Waals surface area contributed by atoms with Crippen molar-refractivity contribution >= 4 is 57.3 Å². The Balaban J connectivity index is 0.00000144. The van der Waals surface area contributed by atoms with E-state index in [2.05, 4.69) is 4.18 Å². The normalized spacial score (nSPS) is 9.94. The van der Waals surface area contributed by atoms with E-state index < -0.39 is 17.0 Å². The third kappa shape index (κ3) is 3.29. The van der Waals surface area contributed by atoms with Gasteiger partial charge in [-0.05, 0) is 16.8 Å². The first kappa shape index (κ1) is 14.2. The third-order valence-corrected chi connectivity index (χ3v) is 2.48. The summed E-state index contributed by atoms with van der Waals surface area (Å²) in [6, 6.07) is 12.2. The monoisotopic (exact) mass is 260 g/mol. The number of benzene rings is 2. The second kappa shape index (κ2) is 6.16. The molecule has 0 aliphatic carbocycles. The molecule has 0 N–H and O–H groups in total. The van der Waals surface area contributed by atoms with Gasteiger partial charge in [-0.25, -0.2) is 4.79 Å². The van der Waals surface area contributed by atoms with E-state index in [4.69, 9.17) is 0 Å². The molecule has 2 aromatic carbocycles. The Morgan fingerprint density at radius 2 is 1.65 bits per heavy atom. The summed E-state index contributed by atoms with van der Waals surface area (Å²) in [5, 5.41) is 1.53. The van der Waals surface area contributed by atoms with Crippen LogP contribution < -0.4 is 0 Å². The Kier molecular flexibility index (Phi) is 5.14. The fraction of sp³-hybridized carbons (Fsp3) is 0. The van der Waals surface area contributed by atoms with Gasteiger partial charge in [0.25, 0.3) is 0 Å². The van der Waals surface area contributed by atoms with Crippen molar-refractivity contribution in [2.24, 2.45) is 0 Å². The number of thiol groups is 1. The number of hydrogen-bond acceptors (Lipinski definition) is 4. The van der Waals surface area contributed by atoms with Gasteiger partial charge < -0.3 is 4.18 Å². The summed E-state index contributed by atoms with van der Waals surface area (Å²) in [5.41, 5.74) is 0.248. The molecule has 84 valence electrons. The summed E-state index contributed by atoms with van der Waals surface area (Å²) < 4.78 is 24.8. The van der Waals surface area contributed by atoms with Gasteiger partial charge in [-0.2, -0.15) is 8.42 Å². The summed E-state index contributed by atoms with van der Waals surface area (Å²) >= 11 is 0. The van der Waals surface area contributed by atoms with Crippen LogP contribution in [-0.2, 0) is 15.2 Å². The molecule has 0 radical (unpaired) electrons. The number of carbonyl (C=O) groups excluding carboxylic acids is 1. The Morgan fingerprint density at radius 1 is 1.00 bits per heavy atom. The van der Waals surface area contributed by atoms with E-state index in [1.165, 1.54) is 6.07 Å². The maximum atomic E-state index is 11.5. The number of hydrogen-bond donors (Lipinski definition) is 1. The van der Waals surface area contributed by atoms with Crippen molar-refractivity contribution in [3.8, 4) is 0 Å². The molecule has 4 nitrogen and oxygen atoms in total. The molecule has 0 atom stereocenters. The summed E-state index contributed by atoms with van der Waals surface area (Å²) in [6.07, 6.45) is 0. The molecular weight excluding hydrogens is 251 g/mol. The Morgan fingerprint density at radius 3 is 2.35 bits per heavy atom. The molecule has 0 aromatic heterocycles. The van der Waals surface area contributed by atoms with Crippen LogP contribution >= 0.6 is 0 Å². The predicted octanol–water partition coefficient (Wildman–Crippen LogP) is 0.874. The van der Waals surface area contributed by atoms with E-state index in [9.17, 15) is 13.2 Å². The molecule has 0 unspecified atom stereocenters. The molecule has 0 heterocycles. The van der Waals surface area contributed by atoms with Gasteiger partial charge in [0.05, 0.1) is 5.56 Å². The number of rotatable bonds is 2. The molecular formula is C11H9NaO4S. The van der Waals surface area contributed by atoms with Gasteiger partial charge in [-0.15, -0.1) is 0 Å². The first-order valence-electron chi connectivity index (χ1n) is 4.53. The van der Waals surface area contributed by atoms with Gasteiger partial charge in [0.1, 0.15) is 0 Å². The Hall–Kier alpha value is -0.880. The number of carbonyl (C=O) groups is 1. The SMILES string of the molecule is O=C(O[SH](=O)=O)c1cccc2ccccc12.[NaH]. The second-order valence-corrected chi connectivity index (χ2v) is 3.76. The summed E-state index contributed by atoms with van der Waals surface area (Å²) in [4.78, 5) is 11.5. The molecule has 17 heavy (non-hydrogen) atoms. The van der Waals surface area contributed by atoms with Crippen LogP contribution in [0.3, 0.4) is 0 Å². The van der Waals surface area contributed by atoms with Crippen molar-refractivity contribution in [3.63, 3.8) is 0 Å². The number of fused-ring (bicyclic) bond motifs is 1. The fourth-order valence-electron chi connectivity index (χ4n) is 1.52. The molecule has 0 spiro atoms. The first-order chi connectivity index (χ1) is 7.68. The van der Waals surface area contributed by atoms with Crippen molar-refractivity contribution in [2.45, 2.75) is 0 Å². The standard InChI is InChI=1S/C11H8O4S.Na.H/c12-11(15-16(13)14)10-7-3-5-8-4-1-2-6-9(8)10;;/h1-7,16H;;. The van der Waals surface area contributed by atoms with Crippen LogP contribution in [0, 0.1) is 0 Å². The van der Waals surface area contributed by atoms with Crippen molar-refractivity contribution < 1.29 is 17.4 Å². The van der Waals surface area contributed by atoms with Crippen molar-refractivity contribution in [1.29, 1.82) is 0 Å². The summed E-state index contributed by atoms with van der Waals surface area (Å²) in [5.74, 6) is -0.854. The van der Waals surface area contributed by atoms with Crippen LogP contribution in [0.1, 0.15) is 10.4 Å². The Bertz CT molecular complexity index is 608. The van der Waals surface area contributed by atoms with Gasteiger partial charge in [0.15, 0.2) is 0 Å². The quantitative estimate of drug-likeness (QED) is 0.643. The van der Waals surface area contributed by atoms with Crippen LogP contribution in [0.4, 0.5) is 0 Å². The zero-order valence-electron chi connectivity index (χ0n) is 8.12. The molecule has 2 rings (SSSR count). The molecule has 0 saturated carbocycles. The molecule has 2 aromatic rings. The minimum atomic E-state index is -3.17. The van der Waals surface area contributed by atoms with Crippen LogP contribution in [0.2, 0.25) is 0 Å². The van der Waals surface area contributed by atoms with Gasteiger partial charge in [-0.3, -0.25) is 0 Å². The molecule has 0 bridgehead atoms. The second-order valence-electron chi connectivity index (χ2n) is 3.13. The zero-order valence-corrected chi connectivity index (χ0v) is 9.02. The van der Waals surface area contributed by atoms with E-state index in [0.29, 0.717) is 5.39 Å². The zero-order chi connectivity index (χ0) is 11.5. The van der Waals surface area contributed by atoms with Gasteiger partial charge in [-0.1, -0.05) is 36.4 Å². The van der Waals surface area contributed by atoms with Gasteiger partial charge in [0.2, 0.25) is 0 Å². The summed E-state index contributed by atoms with van der Waals surface area (Å²) in [7, 11) is -3.17. The van der Waals surface area contributed by atoms with E-state index in [0.717, 1.165) is 5.39 Å². The predicted molar refractivity (Wildman–Crippen MR) is 66.8 cm³/mol. The maximum absolute atomic E-state index is 11.5. The molecule has 6 heteroatoms. The average molecular weight is 260 g/mol. The molecule has 0 fully saturated rings. The van der Waals surface area contributed by atoms with Crippen LogP contribution in [-0.4, -0.2) is 43.9 Å². The minimum absolute atomic E-state index is 0. The molecule has 0 aliphatic rings. The van der Waals surface area contributed by atoms with E-state index >= 15 is 0 Å². The van der Waals surface area contributed by atoms with Crippen LogP contribution in [0.15, 0.2) is 42.5 Å². The topological polar surface area (TPSA) is 60.4 Å². The first-order valence-corrected chi connectivity index (χ1v) is 5.62. The molecule has 0 saturated heterocycles. The average Bonchev–Trinajstić information content (AvgIpc) is 2.27. The van der Waals surface area contributed by atoms with Crippen molar-refractivity contribution in [2.75, 3.05) is 0 Å². The van der Waals surface area contributed by atoms with E-state index in [-0.39, 0.29) is 35.1 Å². The third-order valence-electron chi connectivity index (χ3n) is 2.17. The van der Waals surface area contributed by atoms with Crippen LogP contribution in [0.5, 0.6) is 0 Å². The van der Waals surface area contributed by atoms with Crippen molar-refractivity contribution in [1.82, 2.24) is 0 Å².